The maximum absolute atomic E-state index is 8.87. The molecule has 1 N–H and O–H groups in total. The maximum atomic E-state index is 8.87. The summed E-state index contributed by atoms with van der Waals surface area (Å²) in [7, 11) is 1.66. The van der Waals surface area contributed by atoms with Crippen LogP contribution < -0.4 is 4.74 Å². The summed E-state index contributed by atoms with van der Waals surface area (Å²) in [5.41, 5.74) is 0.807. The minimum absolute atomic E-state index is 0.0109. The van der Waals surface area contributed by atoms with Gasteiger partial charge in [-0.05, 0) is 11.6 Å². The lowest BCUT2D eigenvalue weighted by molar-refractivity contribution is 0.170. The lowest BCUT2D eigenvalue weighted by Gasteiger charge is -2.05. The lowest BCUT2D eigenvalue weighted by Crippen LogP contribution is -2.02. The van der Waals surface area contributed by atoms with Gasteiger partial charge in [0.05, 0.1) is 13.2 Å². The van der Waals surface area contributed by atoms with Gasteiger partial charge in [0.2, 0.25) is 5.88 Å². The molecular weight excluding hydrogens is 182 g/mol. The van der Waals surface area contributed by atoms with Crippen LogP contribution >= 0.6 is 0 Å². The zero-order valence-corrected chi connectivity index (χ0v) is 8.27. The predicted octanol–water partition coefficient (Wildman–Crippen LogP) is 0.989. The molecular formula is C10H15NO3. The second kappa shape index (κ2) is 6.34. The highest BCUT2D eigenvalue weighted by molar-refractivity contribution is 5.19. The lowest BCUT2D eigenvalue weighted by atomic mass is 10.3. The normalized spacial score (nSPS) is 10.1. The van der Waals surface area contributed by atoms with E-state index in [1.54, 1.807) is 25.4 Å². The van der Waals surface area contributed by atoms with Crippen LogP contribution in [-0.2, 0) is 11.3 Å². The molecule has 0 bridgehead atoms. The molecule has 0 fully saturated rings. The SMILES string of the molecule is COCCCOc1cc(CO)ccn1. The van der Waals surface area contributed by atoms with Crippen LogP contribution in [0.5, 0.6) is 5.88 Å². The first-order valence-corrected chi connectivity index (χ1v) is 4.54. The largest absolute Gasteiger partial charge is 0.478 e. The van der Waals surface area contributed by atoms with E-state index in [-0.39, 0.29) is 6.61 Å². The van der Waals surface area contributed by atoms with Crippen molar-refractivity contribution < 1.29 is 14.6 Å². The molecule has 0 aliphatic rings. The Morgan fingerprint density at radius 2 is 2.29 bits per heavy atom. The molecule has 0 radical (unpaired) electrons. The second-order valence-electron chi connectivity index (χ2n) is 2.86. The van der Waals surface area contributed by atoms with Gasteiger partial charge in [-0.2, -0.15) is 0 Å². The van der Waals surface area contributed by atoms with Crippen molar-refractivity contribution in [2.45, 2.75) is 13.0 Å². The zero-order valence-electron chi connectivity index (χ0n) is 8.27. The molecule has 0 atom stereocenters. The molecule has 1 aromatic heterocycles. The minimum atomic E-state index is 0.0109. The average molecular weight is 197 g/mol. The van der Waals surface area contributed by atoms with Crippen molar-refractivity contribution in [1.82, 2.24) is 4.98 Å². The summed E-state index contributed by atoms with van der Waals surface area (Å²) in [6.07, 6.45) is 2.46. The van der Waals surface area contributed by atoms with E-state index in [0.29, 0.717) is 19.1 Å². The average Bonchev–Trinajstić information content (AvgIpc) is 2.25. The van der Waals surface area contributed by atoms with E-state index in [2.05, 4.69) is 4.98 Å². The number of hydrogen-bond donors (Lipinski definition) is 1. The van der Waals surface area contributed by atoms with Gasteiger partial charge >= 0.3 is 0 Å². The fourth-order valence-corrected chi connectivity index (χ4v) is 1.01. The van der Waals surface area contributed by atoms with Gasteiger partial charge in [-0.1, -0.05) is 0 Å². The van der Waals surface area contributed by atoms with Crippen molar-refractivity contribution >= 4 is 0 Å². The van der Waals surface area contributed by atoms with E-state index >= 15 is 0 Å². The molecule has 0 aliphatic heterocycles. The highest BCUT2D eigenvalue weighted by Gasteiger charge is 1.96. The Kier molecular flexibility index (Phi) is 4.96. The smallest absolute Gasteiger partial charge is 0.213 e. The molecule has 0 aliphatic carbocycles. The van der Waals surface area contributed by atoms with Gasteiger partial charge in [-0.3, -0.25) is 0 Å². The van der Waals surface area contributed by atoms with E-state index in [1.807, 2.05) is 0 Å². The Morgan fingerprint density at radius 1 is 1.43 bits per heavy atom. The number of hydrogen-bond acceptors (Lipinski definition) is 4. The number of aliphatic hydroxyl groups excluding tert-OH is 1. The van der Waals surface area contributed by atoms with Gasteiger partial charge in [0.1, 0.15) is 0 Å². The summed E-state index contributed by atoms with van der Waals surface area (Å²) in [6.45, 7) is 1.27. The Labute approximate surface area is 83.5 Å². The second-order valence-corrected chi connectivity index (χ2v) is 2.86. The van der Waals surface area contributed by atoms with Crippen LogP contribution in [-0.4, -0.2) is 30.4 Å². The van der Waals surface area contributed by atoms with Crippen LogP contribution in [0.25, 0.3) is 0 Å². The van der Waals surface area contributed by atoms with Crippen LogP contribution in [0.1, 0.15) is 12.0 Å². The predicted molar refractivity (Wildman–Crippen MR) is 52.1 cm³/mol. The Morgan fingerprint density at radius 3 is 3.00 bits per heavy atom. The first kappa shape index (κ1) is 10.9. The van der Waals surface area contributed by atoms with Crippen molar-refractivity contribution in [3.8, 4) is 5.88 Å². The first-order chi connectivity index (χ1) is 6.86. The third-order valence-corrected chi connectivity index (χ3v) is 1.72. The number of rotatable bonds is 6. The molecule has 1 aromatic rings. The van der Waals surface area contributed by atoms with E-state index in [0.717, 1.165) is 12.0 Å². The fourth-order valence-electron chi connectivity index (χ4n) is 1.01. The Balaban J connectivity index is 2.34. The molecule has 0 unspecified atom stereocenters. The molecule has 0 spiro atoms. The van der Waals surface area contributed by atoms with Gasteiger partial charge < -0.3 is 14.6 Å². The minimum Gasteiger partial charge on any atom is -0.478 e. The van der Waals surface area contributed by atoms with Crippen molar-refractivity contribution in [2.75, 3.05) is 20.3 Å². The molecule has 1 rings (SSSR count). The van der Waals surface area contributed by atoms with Crippen molar-refractivity contribution in [2.24, 2.45) is 0 Å². The van der Waals surface area contributed by atoms with Crippen LogP contribution in [0.4, 0.5) is 0 Å². The standard InChI is InChI=1S/C10H15NO3/c1-13-5-2-6-14-10-7-9(8-12)3-4-11-10/h3-4,7,12H,2,5-6,8H2,1H3. The molecule has 78 valence electrons. The number of methoxy groups -OCH3 is 1. The van der Waals surface area contributed by atoms with Crippen LogP contribution in [0.3, 0.4) is 0 Å². The summed E-state index contributed by atoms with van der Waals surface area (Å²) in [6, 6.07) is 3.48. The Bertz CT molecular complexity index is 265. The molecule has 0 saturated carbocycles. The topological polar surface area (TPSA) is 51.6 Å². The van der Waals surface area contributed by atoms with Crippen molar-refractivity contribution in [1.29, 1.82) is 0 Å². The van der Waals surface area contributed by atoms with E-state index < -0.39 is 0 Å². The van der Waals surface area contributed by atoms with Crippen LogP contribution in [0.15, 0.2) is 18.3 Å². The van der Waals surface area contributed by atoms with Gasteiger partial charge in [-0.25, -0.2) is 4.98 Å². The summed E-state index contributed by atoms with van der Waals surface area (Å²) in [5, 5.41) is 8.87. The van der Waals surface area contributed by atoms with Gasteiger partial charge in [0, 0.05) is 32.4 Å². The number of aliphatic hydroxyl groups is 1. The maximum Gasteiger partial charge on any atom is 0.213 e. The third-order valence-electron chi connectivity index (χ3n) is 1.72. The van der Waals surface area contributed by atoms with Crippen LogP contribution in [0.2, 0.25) is 0 Å². The number of ether oxygens (including phenoxy) is 2. The van der Waals surface area contributed by atoms with Gasteiger partial charge in [0.15, 0.2) is 0 Å². The molecule has 0 amide bonds. The summed E-state index contributed by atoms with van der Waals surface area (Å²) >= 11 is 0. The van der Waals surface area contributed by atoms with Crippen LogP contribution in [0, 0.1) is 0 Å². The van der Waals surface area contributed by atoms with Crippen molar-refractivity contribution in [3.05, 3.63) is 23.9 Å². The fraction of sp³-hybridized carbons (Fsp3) is 0.500. The first-order valence-electron chi connectivity index (χ1n) is 4.54. The quantitative estimate of drug-likeness (QED) is 0.691. The molecule has 4 nitrogen and oxygen atoms in total. The number of pyridine rings is 1. The monoisotopic (exact) mass is 197 g/mol. The van der Waals surface area contributed by atoms with Crippen molar-refractivity contribution in [3.63, 3.8) is 0 Å². The molecule has 0 aromatic carbocycles. The van der Waals surface area contributed by atoms with E-state index in [4.69, 9.17) is 14.6 Å². The number of nitrogens with zero attached hydrogens (tertiary/aromatic N) is 1. The van der Waals surface area contributed by atoms with E-state index in [9.17, 15) is 0 Å². The van der Waals surface area contributed by atoms with Gasteiger partial charge in [0.25, 0.3) is 0 Å². The highest BCUT2D eigenvalue weighted by atomic mass is 16.5. The summed E-state index contributed by atoms with van der Waals surface area (Å²) in [5.74, 6) is 0.549. The van der Waals surface area contributed by atoms with Gasteiger partial charge in [-0.15, -0.1) is 0 Å². The Hall–Kier alpha value is -1.13. The molecule has 0 saturated heterocycles. The molecule has 4 heteroatoms. The zero-order chi connectivity index (χ0) is 10.2. The van der Waals surface area contributed by atoms with E-state index in [1.165, 1.54) is 0 Å². The highest BCUT2D eigenvalue weighted by Crippen LogP contribution is 2.09. The third kappa shape index (κ3) is 3.72. The molecule has 1 heterocycles. The summed E-state index contributed by atoms with van der Waals surface area (Å²) in [4.78, 5) is 4.01. The number of aromatic nitrogens is 1. The molecule has 14 heavy (non-hydrogen) atoms. The summed E-state index contributed by atoms with van der Waals surface area (Å²) < 4.78 is 10.2.